The van der Waals surface area contributed by atoms with Crippen LogP contribution in [0.1, 0.15) is 22.7 Å². The quantitative estimate of drug-likeness (QED) is 0.248. The molecule has 0 aliphatic carbocycles. The molecular formula is C27H20F2N2O3. The zero-order valence-electron chi connectivity index (χ0n) is 18.0. The van der Waals surface area contributed by atoms with Crippen LogP contribution < -0.4 is 0 Å². The van der Waals surface area contributed by atoms with Gasteiger partial charge in [-0.1, -0.05) is 30.3 Å². The number of aliphatic hydroxyl groups is 1. The number of carbonyl (C=O) groups is 2. The van der Waals surface area contributed by atoms with Crippen LogP contribution in [0.2, 0.25) is 0 Å². The Morgan fingerprint density at radius 1 is 0.941 bits per heavy atom. The number of benzene rings is 3. The van der Waals surface area contributed by atoms with Gasteiger partial charge in [-0.05, 0) is 60.0 Å². The summed E-state index contributed by atoms with van der Waals surface area (Å²) in [7, 11) is 0. The molecule has 1 unspecified atom stereocenters. The first-order chi connectivity index (χ1) is 16.4. The number of likely N-dealkylation sites (tertiary alicyclic amines) is 1. The summed E-state index contributed by atoms with van der Waals surface area (Å²) in [5.74, 6) is -3.10. The first kappa shape index (κ1) is 21.6. The van der Waals surface area contributed by atoms with E-state index >= 15 is 0 Å². The zero-order chi connectivity index (χ0) is 23.8. The van der Waals surface area contributed by atoms with Crippen molar-refractivity contribution in [3.8, 4) is 0 Å². The third-order valence-electron chi connectivity index (χ3n) is 6.12. The first-order valence-electron chi connectivity index (χ1n) is 10.8. The van der Waals surface area contributed by atoms with E-state index in [4.69, 9.17) is 0 Å². The van der Waals surface area contributed by atoms with Crippen LogP contribution in [0.3, 0.4) is 0 Å². The standard InChI is InChI=1S/C27H20F2N2O3/c28-19-10-8-16(9-11-19)25(32)23-24(17-4-3-5-20(29)14-17)31(27(34)26(23)33)13-12-18-15-30-22-7-2-1-6-21(18)22/h1-11,14-15,24,30,32H,12-13H2/b25-23-. The minimum atomic E-state index is -0.981. The number of nitrogens with zero attached hydrogens (tertiary/aromatic N) is 1. The van der Waals surface area contributed by atoms with Gasteiger partial charge < -0.3 is 15.0 Å². The fourth-order valence-electron chi connectivity index (χ4n) is 4.48. The predicted molar refractivity (Wildman–Crippen MR) is 124 cm³/mol. The highest BCUT2D eigenvalue weighted by atomic mass is 19.1. The molecule has 0 bridgehead atoms. The number of H-pyrrole nitrogens is 1. The molecule has 7 heteroatoms. The Morgan fingerprint density at radius 2 is 1.71 bits per heavy atom. The second kappa shape index (κ2) is 8.59. The van der Waals surface area contributed by atoms with Crippen molar-refractivity contribution < 1.29 is 23.5 Å². The summed E-state index contributed by atoms with van der Waals surface area (Å²) in [4.78, 5) is 30.7. The van der Waals surface area contributed by atoms with Crippen LogP contribution in [-0.2, 0) is 16.0 Å². The van der Waals surface area contributed by atoms with Crippen LogP contribution in [0.5, 0.6) is 0 Å². The van der Waals surface area contributed by atoms with Crippen molar-refractivity contribution in [2.24, 2.45) is 0 Å². The van der Waals surface area contributed by atoms with Crippen molar-refractivity contribution in [1.82, 2.24) is 9.88 Å². The third kappa shape index (κ3) is 3.75. The normalized spacial score (nSPS) is 17.6. The number of halogens is 2. The second-order valence-electron chi connectivity index (χ2n) is 8.16. The lowest BCUT2D eigenvalue weighted by Gasteiger charge is -2.25. The number of aromatic nitrogens is 1. The van der Waals surface area contributed by atoms with Gasteiger partial charge >= 0.3 is 0 Å². The summed E-state index contributed by atoms with van der Waals surface area (Å²) in [5, 5.41) is 12.0. The predicted octanol–water partition coefficient (Wildman–Crippen LogP) is 5.11. The molecule has 3 aromatic carbocycles. The number of hydrogen-bond donors (Lipinski definition) is 2. The number of amides is 1. The average molecular weight is 458 g/mol. The summed E-state index contributed by atoms with van der Waals surface area (Å²) < 4.78 is 27.5. The lowest BCUT2D eigenvalue weighted by Crippen LogP contribution is -2.31. The molecule has 0 saturated carbocycles. The van der Waals surface area contributed by atoms with Gasteiger partial charge in [0.15, 0.2) is 0 Å². The SMILES string of the molecule is O=C1C(=O)N(CCc2c[nH]c3ccccc23)C(c2cccc(F)c2)/C1=C(/O)c1ccc(F)cc1. The molecule has 0 spiro atoms. The number of para-hydroxylation sites is 1. The Hall–Kier alpha value is -4.26. The molecule has 170 valence electrons. The summed E-state index contributed by atoms with van der Waals surface area (Å²) in [6, 6.07) is 17.3. The Morgan fingerprint density at radius 3 is 2.47 bits per heavy atom. The van der Waals surface area contributed by atoms with E-state index in [-0.39, 0.29) is 17.7 Å². The molecule has 0 radical (unpaired) electrons. The van der Waals surface area contributed by atoms with Gasteiger partial charge in [-0.3, -0.25) is 9.59 Å². The molecule has 1 aromatic heterocycles. The number of hydrogen-bond acceptors (Lipinski definition) is 3. The molecule has 2 heterocycles. The maximum absolute atomic E-state index is 14.1. The Balaban J connectivity index is 1.57. The van der Waals surface area contributed by atoms with Crippen LogP contribution in [-0.4, -0.2) is 33.2 Å². The van der Waals surface area contributed by atoms with E-state index in [1.54, 1.807) is 6.07 Å². The summed E-state index contributed by atoms with van der Waals surface area (Å²) in [6.07, 6.45) is 2.30. The van der Waals surface area contributed by atoms with E-state index in [1.165, 1.54) is 35.2 Å². The van der Waals surface area contributed by atoms with Crippen molar-refractivity contribution >= 4 is 28.4 Å². The van der Waals surface area contributed by atoms with Gasteiger partial charge in [-0.25, -0.2) is 8.78 Å². The fraction of sp³-hybridized carbons (Fsp3) is 0.111. The van der Waals surface area contributed by atoms with Gasteiger partial charge in [0.1, 0.15) is 17.4 Å². The Kier molecular flexibility index (Phi) is 5.45. The van der Waals surface area contributed by atoms with E-state index in [2.05, 4.69) is 4.98 Å². The van der Waals surface area contributed by atoms with Crippen molar-refractivity contribution in [3.63, 3.8) is 0 Å². The number of nitrogens with one attached hydrogen (secondary N) is 1. The van der Waals surface area contributed by atoms with Gasteiger partial charge in [0.25, 0.3) is 11.7 Å². The number of fused-ring (bicyclic) bond motifs is 1. The number of aliphatic hydroxyl groups excluding tert-OH is 1. The van der Waals surface area contributed by atoms with Gasteiger partial charge in [0.05, 0.1) is 11.6 Å². The van der Waals surface area contributed by atoms with E-state index < -0.39 is 35.1 Å². The lowest BCUT2D eigenvalue weighted by atomic mass is 9.95. The van der Waals surface area contributed by atoms with Gasteiger partial charge in [0.2, 0.25) is 0 Å². The average Bonchev–Trinajstić information content (AvgIpc) is 3.36. The lowest BCUT2D eigenvalue weighted by molar-refractivity contribution is -0.139. The van der Waals surface area contributed by atoms with Gasteiger partial charge in [-0.15, -0.1) is 0 Å². The molecule has 1 aliphatic rings. The van der Waals surface area contributed by atoms with E-state index in [0.29, 0.717) is 12.0 Å². The number of carbonyl (C=O) groups excluding carboxylic acids is 2. The molecular weight excluding hydrogens is 438 g/mol. The smallest absolute Gasteiger partial charge is 0.295 e. The first-order valence-corrected chi connectivity index (χ1v) is 10.8. The number of aromatic amines is 1. The minimum absolute atomic E-state index is 0.152. The second-order valence-corrected chi connectivity index (χ2v) is 8.16. The maximum Gasteiger partial charge on any atom is 0.295 e. The number of rotatable bonds is 5. The van der Waals surface area contributed by atoms with E-state index in [9.17, 15) is 23.5 Å². The van der Waals surface area contributed by atoms with E-state index in [1.807, 2.05) is 30.5 Å². The number of Topliss-reactive ketones (excluding diaryl/α,β-unsaturated/α-hetero) is 1. The molecule has 1 fully saturated rings. The number of ketones is 1. The van der Waals surface area contributed by atoms with E-state index in [0.717, 1.165) is 28.6 Å². The highest BCUT2D eigenvalue weighted by Crippen LogP contribution is 2.39. The van der Waals surface area contributed by atoms with Crippen molar-refractivity contribution in [2.45, 2.75) is 12.5 Å². The van der Waals surface area contributed by atoms with Crippen LogP contribution in [0.25, 0.3) is 16.7 Å². The summed E-state index contributed by atoms with van der Waals surface area (Å²) in [6.45, 7) is 0.174. The third-order valence-corrected chi connectivity index (χ3v) is 6.12. The highest BCUT2D eigenvalue weighted by molar-refractivity contribution is 6.46. The topological polar surface area (TPSA) is 73.4 Å². The molecule has 2 N–H and O–H groups in total. The molecule has 1 aliphatic heterocycles. The summed E-state index contributed by atoms with van der Waals surface area (Å²) in [5.41, 5.74) is 2.33. The molecule has 1 saturated heterocycles. The van der Waals surface area contributed by atoms with Crippen LogP contribution in [0.4, 0.5) is 8.78 Å². The monoisotopic (exact) mass is 458 g/mol. The molecule has 5 nitrogen and oxygen atoms in total. The fourth-order valence-corrected chi connectivity index (χ4v) is 4.48. The Bertz CT molecular complexity index is 1440. The molecule has 34 heavy (non-hydrogen) atoms. The van der Waals surface area contributed by atoms with Crippen molar-refractivity contribution in [1.29, 1.82) is 0 Å². The van der Waals surface area contributed by atoms with Gasteiger partial charge in [0, 0.05) is 29.2 Å². The molecule has 4 aromatic rings. The maximum atomic E-state index is 14.1. The van der Waals surface area contributed by atoms with Crippen LogP contribution >= 0.6 is 0 Å². The molecule has 1 amide bonds. The molecule has 5 rings (SSSR count). The van der Waals surface area contributed by atoms with Gasteiger partial charge in [-0.2, -0.15) is 0 Å². The van der Waals surface area contributed by atoms with Crippen LogP contribution in [0, 0.1) is 11.6 Å². The Labute approximate surface area is 194 Å². The highest BCUT2D eigenvalue weighted by Gasteiger charge is 2.46. The largest absolute Gasteiger partial charge is 0.507 e. The van der Waals surface area contributed by atoms with Crippen molar-refractivity contribution in [3.05, 3.63) is 113 Å². The molecule has 1 atom stereocenters. The zero-order valence-corrected chi connectivity index (χ0v) is 18.0. The van der Waals surface area contributed by atoms with Crippen molar-refractivity contribution in [2.75, 3.05) is 6.54 Å². The minimum Gasteiger partial charge on any atom is -0.507 e. The van der Waals surface area contributed by atoms with Crippen LogP contribution in [0.15, 0.2) is 84.6 Å². The summed E-state index contributed by atoms with van der Waals surface area (Å²) >= 11 is 0.